The molecule has 33 heavy (non-hydrogen) atoms. The van der Waals surface area contributed by atoms with Crippen molar-refractivity contribution in [3.05, 3.63) is 29.7 Å². The van der Waals surface area contributed by atoms with Crippen molar-refractivity contribution < 1.29 is 9.52 Å². The van der Waals surface area contributed by atoms with E-state index in [2.05, 4.69) is 48.5 Å². The molecule has 0 spiro atoms. The highest BCUT2D eigenvalue weighted by Gasteiger charge is 2.38. The van der Waals surface area contributed by atoms with Gasteiger partial charge in [0.2, 0.25) is 5.95 Å². The van der Waals surface area contributed by atoms with Crippen LogP contribution in [0.2, 0.25) is 0 Å². The summed E-state index contributed by atoms with van der Waals surface area (Å²) >= 11 is 0. The Balaban J connectivity index is 1.53. The van der Waals surface area contributed by atoms with Gasteiger partial charge >= 0.3 is 0 Å². The van der Waals surface area contributed by atoms with Crippen LogP contribution in [-0.4, -0.2) is 39.3 Å². The summed E-state index contributed by atoms with van der Waals surface area (Å²) in [6, 6.07) is 4.39. The zero-order valence-corrected chi connectivity index (χ0v) is 20.1. The molecule has 3 heterocycles. The van der Waals surface area contributed by atoms with E-state index in [0.29, 0.717) is 23.7 Å². The van der Waals surface area contributed by atoms with Crippen LogP contribution < -0.4 is 10.6 Å². The van der Waals surface area contributed by atoms with Gasteiger partial charge in [0, 0.05) is 30.3 Å². The molecule has 2 aliphatic rings. The number of rotatable bonds is 8. The van der Waals surface area contributed by atoms with Gasteiger partial charge < -0.3 is 20.2 Å². The van der Waals surface area contributed by atoms with E-state index in [-0.39, 0.29) is 12.6 Å². The van der Waals surface area contributed by atoms with Crippen molar-refractivity contribution in [2.45, 2.75) is 59.4 Å². The predicted molar refractivity (Wildman–Crippen MR) is 131 cm³/mol. The SMILES string of the molecule is CCc1cc2cc(-c3c(C)nc(NCC4CC4)nc3N[C@@H]3C[C@H](CO)[C@@H](C)[C@H]3C)oc2cn1. The van der Waals surface area contributed by atoms with E-state index in [1.165, 1.54) is 12.8 Å². The van der Waals surface area contributed by atoms with E-state index in [4.69, 9.17) is 14.4 Å². The minimum Gasteiger partial charge on any atom is -0.454 e. The van der Waals surface area contributed by atoms with Gasteiger partial charge in [-0.3, -0.25) is 4.98 Å². The van der Waals surface area contributed by atoms with Crippen molar-refractivity contribution in [1.29, 1.82) is 0 Å². The van der Waals surface area contributed by atoms with Crippen molar-refractivity contribution in [1.82, 2.24) is 15.0 Å². The lowest BCUT2D eigenvalue weighted by Crippen LogP contribution is -2.25. The summed E-state index contributed by atoms with van der Waals surface area (Å²) in [7, 11) is 0. The molecule has 0 amide bonds. The molecule has 3 aromatic rings. The summed E-state index contributed by atoms with van der Waals surface area (Å²) in [5, 5.41) is 18.0. The maximum absolute atomic E-state index is 9.83. The third-order valence-electron chi connectivity index (χ3n) is 7.73. The predicted octanol–water partition coefficient (Wildman–Crippen LogP) is 5.04. The van der Waals surface area contributed by atoms with E-state index in [0.717, 1.165) is 64.8 Å². The fraction of sp³-hybridized carbons (Fsp3) is 0.577. The molecule has 0 bridgehead atoms. The number of furan rings is 1. The summed E-state index contributed by atoms with van der Waals surface area (Å²) in [5.41, 5.74) is 3.59. The van der Waals surface area contributed by atoms with Crippen LogP contribution in [0.3, 0.4) is 0 Å². The first-order valence-electron chi connectivity index (χ1n) is 12.4. The molecule has 4 atom stereocenters. The second-order valence-electron chi connectivity index (χ2n) is 10.0. The highest BCUT2D eigenvalue weighted by Crippen LogP contribution is 2.41. The van der Waals surface area contributed by atoms with E-state index in [1.54, 1.807) is 6.20 Å². The highest BCUT2D eigenvalue weighted by atomic mass is 16.3. The van der Waals surface area contributed by atoms with Gasteiger partial charge in [0.25, 0.3) is 0 Å². The van der Waals surface area contributed by atoms with Crippen molar-refractivity contribution >= 4 is 22.7 Å². The fourth-order valence-electron chi connectivity index (χ4n) is 5.07. The smallest absolute Gasteiger partial charge is 0.224 e. The van der Waals surface area contributed by atoms with Gasteiger partial charge in [-0.25, -0.2) is 4.98 Å². The van der Waals surface area contributed by atoms with Crippen LogP contribution in [0.1, 0.15) is 51.4 Å². The molecular formula is C26H35N5O2. The number of aliphatic hydroxyl groups is 1. The van der Waals surface area contributed by atoms with Crippen LogP contribution in [0.4, 0.5) is 11.8 Å². The molecule has 0 radical (unpaired) electrons. The number of aromatic nitrogens is 3. The van der Waals surface area contributed by atoms with Crippen LogP contribution in [0, 0.1) is 30.6 Å². The highest BCUT2D eigenvalue weighted by molar-refractivity contribution is 5.86. The summed E-state index contributed by atoms with van der Waals surface area (Å²) < 4.78 is 6.23. The van der Waals surface area contributed by atoms with E-state index >= 15 is 0 Å². The van der Waals surface area contributed by atoms with Gasteiger partial charge in [-0.2, -0.15) is 4.98 Å². The third kappa shape index (κ3) is 4.43. The van der Waals surface area contributed by atoms with Crippen molar-refractivity contribution in [3.8, 4) is 11.3 Å². The zero-order chi connectivity index (χ0) is 23.1. The number of aliphatic hydroxyl groups excluding tert-OH is 1. The number of pyridine rings is 1. The van der Waals surface area contributed by atoms with Crippen LogP contribution in [0.15, 0.2) is 22.7 Å². The lowest BCUT2D eigenvalue weighted by molar-refractivity contribution is 0.191. The normalized spacial score (nSPS) is 25.0. The van der Waals surface area contributed by atoms with Crippen LogP contribution in [-0.2, 0) is 6.42 Å². The number of anilines is 2. The minimum atomic E-state index is 0.226. The van der Waals surface area contributed by atoms with Gasteiger partial charge in [0.05, 0.1) is 17.5 Å². The van der Waals surface area contributed by atoms with Crippen LogP contribution in [0.5, 0.6) is 0 Å². The third-order valence-corrected chi connectivity index (χ3v) is 7.73. The molecule has 2 saturated carbocycles. The average molecular weight is 450 g/mol. The number of fused-ring (bicyclic) bond motifs is 1. The Morgan fingerprint density at radius 2 is 1.97 bits per heavy atom. The van der Waals surface area contributed by atoms with Crippen molar-refractivity contribution in [2.75, 3.05) is 23.8 Å². The Morgan fingerprint density at radius 3 is 2.67 bits per heavy atom. The molecule has 176 valence electrons. The lowest BCUT2D eigenvalue weighted by atomic mass is 9.92. The first-order valence-corrected chi connectivity index (χ1v) is 12.4. The molecule has 0 aromatic carbocycles. The molecule has 5 rings (SSSR count). The standard InChI is InChI=1S/C26H35N5O2/c1-5-20-8-18-10-22(33-23(18)12-27-20)24-16(4)29-26(28-11-17-6-7-17)31-25(24)30-21-9-19(13-32)14(2)15(21)3/h8,10,12,14-15,17,19,21,32H,5-7,9,11,13H2,1-4H3,(H2,28,29,30,31)/t14-,15+,19+,21+/m0/s1. The van der Waals surface area contributed by atoms with Crippen LogP contribution in [0.25, 0.3) is 22.3 Å². The molecule has 7 heteroatoms. The fourth-order valence-corrected chi connectivity index (χ4v) is 5.07. The van der Waals surface area contributed by atoms with Gasteiger partial charge in [0.1, 0.15) is 11.6 Å². The zero-order valence-electron chi connectivity index (χ0n) is 20.1. The molecule has 0 saturated heterocycles. The summed E-state index contributed by atoms with van der Waals surface area (Å²) in [5.74, 6) is 4.14. The Labute approximate surface area is 195 Å². The Bertz CT molecular complexity index is 1140. The first kappa shape index (κ1) is 22.1. The molecule has 0 unspecified atom stereocenters. The maximum atomic E-state index is 9.83. The van der Waals surface area contributed by atoms with E-state index < -0.39 is 0 Å². The molecule has 3 N–H and O–H groups in total. The quantitative estimate of drug-likeness (QED) is 0.443. The van der Waals surface area contributed by atoms with Gasteiger partial charge in [-0.15, -0.1) is 0 Å². The lowest BCUT2D eigenvalue weighted by Gasteiger charge is -2.22. The molecule has 2 fully saturated rings. The number of hydrogen-bond acceptors (Lipinski definition) is 7. The molecule has 7 nitrogen and oxygen atoms in total. The molecular weight excluding hydrogens is 414 g/mol. The summed E-state index contributed by atoms with van der Waals surface area (Å²) in [6.07, 6.45) is 6.18. The number of aryl methyl sites for hydroxylation is 2. The van der Waals surface area contributed by atoms with Gasteiger partial charge in [0.15, 0.2) is 5.58 Å². The van der Waals surface area contributed by atoms with Crippen LogP contribution >= 0.6 is 0 Å². The maximum Gasteiger partial charge on any atom is 0.224 e. The Kier molecular flexibility index (Phi) is 5.99. The second-order valence-corrected chi connectivity index (χ2v) is 10.0. The first-order chi connectivity index (χ1) is 16.0. The molecule has 2 aliphatic carbocycles. The Morgan fingerprint density at radius 1 is 1.15 bits per heavy atom. The average Bonchev–Trinajstić information content (AvgIpc) is 3.49. The topological polar surface area (TPSA) is 96.1 Å². The second kappa shape index (κ2) is 8.93. The van der Waals surface area contributed by atoms with Gasteiger partial charge in [-0.1, -0.05) is 20.8 Å². The number of nitrogens with one attached hydrogen (secondary N) is 2. The minimum absolute atomic E-state index is 0.226. The number of hydrogen-bond donors (Lipinski definition) is 3. The van der Waals surface area contributed by atoms with Gasteiger partial charge in [-0.05, 0) is 68.4 Å². The Hall–Kier alpha value is -2.67. The monoisotopic (exact) mass is 449 g/mol. The summed E-state index contributed by atoms with van der Waals surface area (Å²) in [6.45, 7) is 9.76. The van der Waals surface area contributed by atoms with E-state index in [1.807, 2.05) is 6.92 Å². The van der Waals surface area contributed by atoms with E-state index in [9.17, 15) is 5.11 Å². The molecule has 3 aromatic heterocycles. The largest absolute Gasteiger partial charge is 0.454 e. The summed E-state index contributed by atoms with van der Waals surface area (Å²) in [4.78, 5) is 14.2. The number of nitrogens with zero attached hydrogens (tertiary/aromatic N) is 3. The molecule has 0 aliphatic heterocycles. The van der Waals surface area contributed by atoms with Crippen molar-refractivity contribution in [2.24, 2.45) is 23.7 Å². The van der Waals surface area contributed by atoms with Crippen molar-refractivity contribution in [3.63, 3.8) is 0 Å².